The first-order valence-electron chi connectivity index (χ1n) is 10.00. The molecule has 0 aromatic heterocycles. The van der Waals surface area contributed by atoms with Gasteiger partial charge in [-0.2, -0.15) is 5.26 Å². The molecule has 0 aliphatic carbocycles. The number of carbonyl (C=O) groups excluding carboxylic acids is 1. The van der Waals surface area contributed by atoms with Gasteiger partial charge in [-0.3, -0.25) is 0 Å². The molecule has 1 aliphatic rings. The predicted molar refractivity (Wildman–Crippen MR) is 130 cm³/mol. The molecule has 1 heterocycles. The van der Waals surface area contributed by atoms with Crippen LogP contribution in [0.4, 0.5) is 0 Å². The minimum Gasteiger partial charge on any atom is -0.440 e. The summed E-state index contributed by atoms with van der Waals surface area (Å²) in [5, 5.41) is 10.2. The predicted octanol–water partition coefficient (Wildman–Crippen LogP) is 5.90. The maximum atomic E-state index is 12.3. The maximum Gasteiger partial charge on any atom is 0.336 e. The standard InChI is InChI=1S/C26H19ClN2O3S/c1-33-19-10-6-17(7-11-19)25-20-12-9-18(14-23(20)32-26(29)21(25)15-28)31-24(30)13-8-16-4-2-3-5-22(16)27/h2-14,25H,29H2,1H3/b13-8+. The molecule has 1 aliphatic heterocycles. The number of fused-ring (bicyclic) bond motifs is 1. The molecule has 1 unspecified atom stereocenters. The van der Waals surface area contributed by atoms with Crippen molar-refractivity contribution in [2.24, 2.45) is 5.73 Å². The lowest BCUT2D eigenvalue weighted by atomic mass is 9.83. The van der Waals surface area contributed by atoms with E-state index < -0.39 is 5.97 Å². The molecule has 0 radical (unpaired) electrons. The van der Waals surface area contributed by atoms with Gasteiger partial charge in [0.15, 0.2) is 0 Å². The fraction of sp³-hybridized carbons (Fsp3) is 0.0769. The van der Waals surface area contributed by atoms with Gasteiger partial charge in [-0.15, -0.1) is 11.8 Å². The van der Waals surface area contributed by atoms with Crippen molar-refractivity contribution in [3.05, 3.63) is 106 Å². The zero-order chi connectivity index (χ0) is 23.4. The lowest BCUT2D eigenvalue weighted by Crippen LogP contribution is -2.21. The van der Waals surface area contributed by atoms with E-state index >= 15 is 0 Å². The fourth-order valence-electron chi connectivity index (χ4n) is 3.56. The first-order valence-corrected chi connectivity index (χ1v) is 11.6. The second kappa shape index (κ2) is 9.86. The molecule has 0 spiro atoms. The molecule has 0 fully saturated rings. The van der Waals surface area contributed by atoms with Crippen LogP contribution in [-0.2, 0) is 4.79 Å². The second-order valence-corrected chi connectivity index (χ2v) is 8.46. The Morgan fingerprint density at radius 3 is 2.64 bits per heavy atom. The average Bonchev–Trinajstić information content (AvgIpc) is 2.82. The Morgan fingerprint density at radius 1 is 1.18 bits per heavy atom. The summed E-state index contributed by atoms with van der Waals surface area (Å²) in [6.07, 6.45) is 4.90. The molecule has 164 valence electrons. The summed E-state index contributed by atoms with van der Waals surface area (Å²) in [6.45, 7) is 0. The van der Waals surface area contributed by atoms with E-state index in [0.29, 0.717) is 27.7 Å². The number of hydrogen-bond acceptors (Lipinski definition) is 6. The number of halogens is 1. The van der Waals surface area contributed by atoms with Crippen LogP contribution in [0, 0.1) is 11.3 Å². The zero-order valence-electron chi connectivity index (χ0n) is 17.6. The molecule has 2 N–H and O–H groups in total. The number of nitriles is 1. The molecule has 1 atom stereocenters. The number of benzene rings is 3. The van der Waals surface area contributed by atoms with Gasteiger partial charge in [0.2, 0.25) is 5.88 Å². The Morgan fingerprint density at radius 2 is 1.94 bits per heavy atom. The van der Waals surface area contributed by atoms with Crippen molar-refractivity contribution in [2.45, 2.75) is 10.8 Å². The van der Waals surface area contributed by atoms with E-state index in [1.807, 2.05) is 42.7 Å². The van der Waals surface area contributed by atoms with Crippen molar-refractivity contribution in [1.82, 2.24) is 0 Å². The molecular formula is C26H19ClN2O3S. The number of rotatable bonds is 5. The van der Waals surface area contributed by atoms with Crippen molar-refractivity contribution in [3.8, 4) is 17.6 Å². The van der Waals surface area contributed by atoms with Gasteiger partial charge in [0.05, 0.1) is 5.92 Å². The molecule has 0 amide bonds. The van der Waals surface area contributed by atoms with E-state index in [2.05, 4.69) is 6.07 Å². The van der Waals surface area contributed by atoms with E-state index in [-0.39, 0.29) is 11.8 Å². The number of thioether (sulfide) groups is 1. The SMILES string of the molecule is CSc1ccc(C2C(C#N)=C(N)Oc3cc(OC(=O)/C=C/c4ccccc4Cl)ccc32)cc1. The molecule has 0 saturated carbocycles. The summed E-state index contributed by atoms with van der Waals surface area (Å²) in [5.74, 6) is -0.167. The van der Waals surface area contributed by atoms with E-state index in [4.69, 9.17) is 26.8 Å². The van der Waals surface area contributed by atoms with Crippen LogP contribution in [0.2, 0.25) is 5.02 Å². The monoisotopic (exact) mass is 474 g/mol. The highest BCUT2D eigenvalue weighted by molar-refractivity contribution is 7.98. The van der Waals surface area contributed by atoms with Crippen molar-refractivity contribution in [2.75, 3.05) is 6.26 Å². The van der Waals surface area contributed by atoms with Crippen LogP contribution in [0.1, 0.15) is 22.6 Å². The van der Waals surface area contributed by atoms with Crippen LogP contribution in [0.15, 0.2) is 89.2 Å². The van der Waals surface area contributed by atoms with Gasteiger partial charge in [0, 0.05) is 27.6 Å². The summed E-state index contributed by atoms with van der Waals surface area (Å²) in [4.78, 5) is 13.4. The third-order valence-electron chi connectivity index (χ3n) is 5.16. The Hall–Kier alpha value is -3.66. The Labute approximate surface area is 201 Å². The van der Waals surface area contributed by atoms with Gasteiger partial charge < -0.3 is 15.2 Å². The van der Waals surface area contributed by atoms with E-state index in [1.54, 1.807) is 48.2 Å². The highest BCUT2D eigenvalue weighted by Crippen LogP contribution is 2.43. The van der Waals surface area contributed by atoms with Crippen molar-refractivity contribution in [1.29, 1.82) is 5.26 Å². The normalized spacial score (nSPS) is 15.0. The minimum atomic E-state index is -0.559. The van der Waals surface area contributed by atoms with Crippen LogP contribution in [-0.4, -0.2) is 12.2 Å². The van der Waals surface area contributed by atoms with Crippen molar-refractivity contribution >= 4 is 35.4 Å². The van der Waals surface area contributed by atoms with Crippen LogP contribution in [0.25, 0.3) is 6.08 Å². The first kappa shape index (κ1) is 22.5. The van der Waals surface area contributed by atoms with Crippen LogP contribution in [0.3, 0.4) is 0 Å². The summed E-state index contributed by atoms with van der Waals surface area (Å²) < 4.78 is 11.1. The fourth-order valence-corrected chi connectivity index (χ4v) is 4.16. The van der Waals surface area contributed by atoms with Crippen molar-refractivity contribution < 1.29 is 14.3 Å². The van der Waals surface area contributed by atoms with Crippen molar-refractivity contribution in [3.63, 3.8) is 0 Å². The molecule has 0 saturated heterocycles. The molecule has 3 aromatic carbocycles. The first-order chi connectivity index (χ1) is 16.0. The number of carbonyl (C=O) groups is 1. The van der Waals surface area contributed by atoms with Gasteiger partial charge >= 0.3 is 5.97 Å². The zero-order valence-corrected chi connectivity index (χ0v) is 19.2. The molecule has 7 heteroatoms. The molecule has 33 heavy (non-hydrogen) atoms. The lowest BCUT2D eigenvalue weighted by molar-refractivity contribution is -0.128. The third-order valence-corrected chi connectivity index (χ3v) is 6.25. The van der Waals surface area contributed by atoms with E-state index in [1.165, 1.54) is 6.08 Å². The highest BCUT2D eigenvalue weighted by Gasteiger charge is 2.31. The van der Waals surface area contributed by atoms with E-state index in [0.717, 1.165) is 16.0 Å². The van der Waals surface area contributed by atoms with Crippen LogP contribution < -0.4 is 15.2 Å². The largest absolute Gasteiger partial charge is 0.440 e. The molecule has 4 rings (SSSR count). The van der Waals surface area contributed by atoms with Gasteiger partial charge in [0.25, 0.3) is 0 Å². The topological polar surface area (TPSA) is 85.3 Å². The number of allylic oxidation sites excluding steroid dienone is 1. The van der Waals surface area contributed by atoms with Gasteiger partial charge in [-0.1, -0.05) is 48.0 Å². The third kappa shape index (κ3) is 4.90. The molecule has 0 bridgehead atoms. The molecular weight excluding hydrogens is 456 g/mol. The summed E-state index contributed by atoms with van der Waals surface area (Å²) in [6, 6.07) is 22.4. The van der Waals surface area contributed by atoms with Crippen LogP contribution in [0.5, 0.6) is 11.5 Å². The van der Waals surface area contributed by atoms with Gasteiger partial charge in [-0.25, -0.2) is 4.79 Å². The summed E-state index contributed by atoms with van der Waals surface area (Å²) in [7, 11) is 0. The summed E-state index contributed by atoms with van der Waals surface area (Å²) in [5.41, 5.74) is 8.80. The Balaban J connectivity index is 1.60. The van der Waals surface area contributed by atoms with Crippen LogP contribution >= 0.6 is 23.4 Å². The minimum absolute atomic E-state index is 0.0334. The summed E-state index contributed by atoms with van der Waals surface area (Å²) >= 11 is 7.75. The smallest absolute Gasteiger partial charge is 0.336 e. The van der Waals surface area contributed by atoms with Gasteiger partial charge in [-0.05, 0) is 47.7 Å². The maximum absolute atomic E-state index is 12.3. The lowest BCUT2D eigenvalue weighted by Gasteiger charge is -2.26. The highest BCUT2D eigenvalue weighted by atomic mass is 35.5. The second-order valence-electron chi connectivity index (χ2n) is 7.17. The average molecular weight is 475 g/mol. The van der Waals surface area contributed by atoms with Gasteiger partial charge in [0.1, 0.15) is 23.1 Å². The number of esters is 1. The number of hydrogen-bond donors (Lipinski definition) is 1. The Bertz CT molecular complexity index is 1310. The number of ether oxygens (including phenoxy) is 2. The Kier molecular flexibility index (Phi) is 6.74. The number of nitrogens with zero attached hydrogens (tertiary/aromatic N) is 1. The quantitative estimate of drug-likeness (QED) is 0.214. The molecule has 3 aromatic rings. The number of nitrogens with two attached hydrogens (primary N) is 1. The van der Waals surface area contributed by atoms with E-state index in [9.17, 15) is 10.1 Å². The molecule has 5 nitrogen and oxygen atoms in total.